The van der Waals surface area contributed by atoms with E-state index in [0.717, 1.165) is 0 Å². The zero-order valence-electron chi connectivity index (χ0n) is 5.27. The second-order valence-corrected chi connectivity index (χ2v) is 5.20. The first-order chi connectivity index (χ1) is 5.24. The summed E-state index contributed by atoms with van der Waals surface area (Å²) in [6.45, 7) is 0. The number of hydrogen-bond donors (Lipinski definition) is 0. The van der Waals surface area contributed by atoms with Crippen molar-refractivity contribution in [3.05, 3.63) is 32.6 Å². The van der Waals surface area contributed by atoms with Crippen LogP contribution < -0.4 is 11.2 Å². The minimum atomic E-state index is -1.22. The van der Waals surface area contributed by atoms with E-state index in [4.69, 9.17) is 0 Å². The van der Waals surface area contributed by atoms with Crippen LogP contribution in [0.25, 0.3) is 0 Å². The monoisotopic (exact) mass is 258 g/mol. The molecule has 2 bridgehead atoms. The molecule has 1 aromatic heterocycles. The van der Waals surface area contributed by atoms with Crippen LogP contribution >= 0.6 is 0 Å². The molecule has 2 aliphatic heterocycles. The Kier molecular flexibility index (Phi) is 1.28. The van der Waals surface area contributed by atoms with Gasteiger partial charge in [-0.1, -0.05) is 0 Å². The van der Waals surface area contributed by atoms with E-state index in [1.54, 1.807) is 0 Å². The van der Waals surface area contributed by atoms with E-state index in [9.17, 15) is 14.4 Å². The van der Waals surface area contributed by atoms with Crippen LogP contribution in [0.2, 0.25) is 0 Å². The van der Waals surface area contributed by atoms with E-state index in [1.807, 2.05) is 0 Å². The van der Waals surface area contributed by atoms with Crippen molar-refractivity contribution in [3.63, 3.8) is 0 Å². The number of hydrogen-bond acceptors (Lipinski definition) is 3. The van der Waals surface area contributed by atoms with Crippen molar-refractivity contribution in [1.29, 1.82) is 0 Å². The predicted molar refractivity (Wildman–Crippen MR) is 36.9 cm³/mol. The topological polar surface area (TPSA) is 61.1 Å². The van der Waals surface area contributed by atoms with Crippen LogP contribution in [0.1, 0.15) is 10.5 Å². The van der Waals surface area contributed by atoms with Crippen molar-refractivity contribution >= 4 is 28.0 Å². The Bertz CT molecular complexity index is 432. The predicted octanol–water partition coefficient (Wildman–Crippen LogP) is -1.93. The number of fused-ring (bicyclic) bond motifs is 2. The number of carbonyl (C=O) groups excluding carboxylic acids is 1. The second kappa shape index (κ2) is 2.07. The summed E-state index contributed by atoms with van der Waals surface area (Å²) in [6.07, 6.45) is 0.549. The molecule has 2 aliphatic rings. The van der Waals surface area contributed by atoms with Crippen molar-refractivity contribution in [1.82, 2.24) is 5.58 Å². The number of carbonyl (C=O) groups is 1. The molecule has 0 saturated carbocycles. The third kappa shape index (κ3) is 0.739. The Hall–Kier alpha value is -0.851. The first kappa shape index (κ1) is 6.83. The maximum absolute atomic E-state index is 10.9. The van der Waals surface area contributed by atoms with E-state index >= 15 is 0 Å². The summed E-state index contributed by atoms with van der Waals surface area (Å²) >= 11 is -1.22. The second-order valence-electron chi connectivity index (χ2n) is 2.08. The molecular weight excluding hydrogens is 255 g/mol. The van der Waals surface area contributed by atoms with Gasteiger partial charge in [0.15, 0.2) is 0 Å². The molecule has 1 aromatic rings. The molecule has 0 N–H and O–H groups in total. The van der Waals surface area contributed by atoms with Crippen molar-refractivity contribution in [2.75, 3.05) is 0 Å². The van der Waals surface area contributed by atoms with Gasteiger partial charge in [-0.3, -0.25) is 0 Å². The molecule has 2 radical (unpaired) electrons. The quantitative estimate of drug-likeness (QED) is 0.441. The van der Waals surface area contributed by atoms with E-state index in [2.05, 4.69) is 0 Å². The molecule has 11 heavy (non-hydrogen) atoms. The van der Waals surface area contributed by atoms with Crippen molar-refractivity contribution in [3.8, 4) is 0 Å². The van der Waals surface area contributed by atoms with Gasteiger partial charge in [0.25, 0.3) is 0 Å². The maximum atomic E-state index is 10.9. The van der Waals surface area contributed by atoms with Crippen LogP contribution in [0.3, 0.4) is 0 Å². The van der Waals surface area contributed by atoms with Crippen LogP contribution in [0.4, 0.5) is 0 Å². The third-order valence-electron chi connectivity index (χ3n) is 1.45. The minimum absolute atomic E-state index is 0.231. The molecule has 0 fully saturated rings. The SMILES string of the molecule is O=Cc1cc(=O)[n]2c(=O)[n]1[Sn]2. The summed E-state index contributed by atoms with van der Waals surface area (Å²) in [4.78, 5) is 32.1. The molecule has 3 rings (SSSR count). The first-order valence-corrected chi connectivity index (χ1v) is 5.40. The summed E-state index contributed by atoms with van der Waals surface area (Å²) in [6, 6.07) is 1.19. The summed E-state index contributed by atoms with van der Waals surface area (Å²) in [5, 5.41) is 0. The Balaban J connectivity index is 2.94. The third-order valence-corrected chi connectivity index (χ3v) is 5.05. The first-order valence-electron chi connectivity index (χ1n) is 2.85. The van der Waals surface area contributed by atoms with Crippen molar-refractivity contribution in [2.45, 2.75) is 0 Å². The Morgan fingerprint density at radius 3 is 2.55 bits per heavy atom. The average Bonchev–Trinajstić information content (AvgIpc) is 2.01. The standard InChI is InChI=1S/C5H4N2O3.Sn/c8-2-3-1-4(9)7-5(10)6-3;/h1-2H,(H2,6,7,9,10);/q;+2/p-2. The van der Waals surface area contributed by atoms with E-state index in [-0.39, 0.29) is 16.9 Å². The Labute approximate surface area is 71.2 Å². The Morgan fingerprint density at radius 2 is 2.09 bits per heavy atom. The van der Waals surface area contributed by atoms with Crippen molar-refractivity contribution < 1.29 is 4.79 Å². The van der Waals surface area contributed by atoms with Gasteiger partial charge in [0, 0.05) is 0 Å². The van der Waals surface area contributed by atoms with Gasteiger partial charge in [0.1, 0.15) is 0 Å². The van der Waals surface area contributed by atoms with Crippen LogP contribution in [-0.2, 0) is 0 Å². The van der Waals surface area contributed by atoms with E-state index < -0.39 is 21.7 Å². The molecule has 0 saturated heterocycles. The van der Waals surface area contributed by atoms with Gasteiger partial charge < -0.3 is 0 Å². The van der Waals surface area contributed by atoms with Crippen LogP contribution in [-0.4, -0.2) is 33.6 Å². The number of aldehydes is 1. The molecule has 54 valence electrons. The van der Waals surface area contributed by atoms with Gasteiger partial charge in [0.05, 0.1) is 0 Å². The fourth-order valence-electron chi connectivity index (χ4n) is 0.895. The van der Waals surface area contributed by atoms with Crippen LogP contribution in [0, 0.1) is 0 Å². The van der Waals surface area contributed by atoms with Gasteiger partial charge in [-0.25, -0.2) is 0 Å². The number of nitrogens with zero attached hydrogens (tertiary/aromatic N) is 2. The summed E-state index contributed by atoms with van der Waals surface area (Å²) in [7, 11) is 0. The van der Waals surface area contributed by atoms with Crippen molar-refractivity contribution in [2.24, 2.45) is 0 Å². The zero-order chi connectivity index (χ0) is 8.01. The molecule has 3 heterocycles. The Morgan fingerprint density at radius 1 is 1.36 bits per heavy atom. The fourth-order valence-corrected chi connectivity index (χ4v) is 3.26. The average molecular weight is 257 g/mol. The number of rotatable bonds is 1. The molecule has 5 nitrogen and oxygen atoms in total. The summed E-state index contributed by atoms with van der Waals surface area (Å²) in [5.74, 6) is 0. The molecule has 0 amide bonds. The van der Waals surface area contributed by atoms with Gasteiger partial charge in [-0.05, 0) is 0 Å². The summed E-state index contributed by atoms with van der Waals surface area (Å²) in [5.41, 5.74) is -0.425. The number of aromatic nitrogens is 2. The molecule has 0 atom stereocenters. The molecule has 0 unspecified atom stereocenters. The fraction of sp³-hybridized carbons (Fsp3) is 0. The molecule has 0 spiro atoms. The van der Waals surface area contributed by atoms with Crippen LogP contribution in [0.5, 0.6) is 0 Å². The van der Waals surface area contributed by atoms with E-state index in [1.165, 1.54) is 11.6 Å². The van der Waals surface area contributed by atoms with Crippen LogP contribution in [0.15, 0.2) is 15.7 Å². The molecule has 0 aliphatic carbocycles. The van der Waals surface area contributed by atoms with Gasteiger partial charge in [-0.15, -0.1) is 0 Å². The van der Waals surface area contributed by atoms with Gasteiger partial charge in [0.2, 0.25) is 0 Å². The van der Waals surface area contributed by atoms with E-state index in [0.29, 0.717) is 6.29 Å². The zero-order valence-corrected chi connectivity index (χ0v) is 8.13. The van der Waals surface area contributed by atoms with Gasteiger partial charge >= 0.3 is 70.9 Å². The summed E-state index contributed by atoms with van der Waals surface area (Å²) < 4.78 is 2.65. The molecular formula is C5H2N2O3Sn. The molecule has 6 heteroatoms. The van der Waals surface area contributed by atoms with Gasteiger partial charge in [-0.2, -0.15) is 0 Å². The normalized spacial score (nSPS) is 12.4. The molecule has 0 aromatic carbocycles.